The molecule has 0 saturated heterocycles. The molecule has 0 aliphatic carbocycles. The Morgan fingerprint density at radius 2 is 1.96 bits per heavy atom. The zero-order chi connectivity index (χ0) is 17.5. The van der Waals surface area contributed by atoms with Gasteiger partial charge in [0.05, 0.1) is 0 Å². The topological polar surface area (TPSA) is 83.6 Å². The highest BCUT2D eigenvalue weighted by Crippen LogP contribution is 2.17. The maximum absolute atomic E-state index is 12.7. The summed E-state index contributed by atoms with van der Waals surface area (Å²) in [6, 6.07) is 11.2. The van der Waals surface area contributed by atoms with Gasteiger partial charge in [-0.1, -0.05) is 49.3 Å². The maximum Gasteiger partial charge on any atom is 0.303 e. The molecule has 6 heteroatoms. The molecule has 0 saturated carbocycles. The van der Waals surface area contributed by atoms with E-state index in [0.717, 1.165) is 5.56 Å². The number of carbonyl (C=O) groups is 2. The molecule has 1 aromatic carbocycles. The first-order valence-electron chi connectivity index (χ1n) is 7.99. The van der Waals surface area contributed by atoms with Gasteiger partial charge in [0.2, 0.25) is 0 Å². The third-order valence-corrected chi connectivity index (χ3v) is 3.64. The molecule has 0 atom stereocenters. The lowest BCUT2D eigenvalue weighted by atomic mass is 10.1. The first-order valence-corrected chi connectivity index (χ1v) is 7.99. The molecule has 1 heterocycles. The van der Waals surface area contributed by atoms with Gasteiger partial charge in [0.25, 0.3) is 5.91 Å². The van der Waals surface area contributed by atoms with Crippen molar-refractivity contribution in [3.05, 3.63) is 53.4 Å². The normalized spacial score (nSPS) is 10.8. The number of carbonyl (C=O) groups excluding carboxylic acids is 1. The summed E-state index contributed by atoms with van der Waals surface area (Å²) in [6.07, 6.45) is 0.414. The van der Waals surface area contributed by atoms with E-state index in [1.807, 2.05) is 44.2 Å². The Kier molecular flexibility index (Phi) is 6.12. The maximum atomic E-state index is 12.7. The standard InChI is InChI=1S/C18H22N2O4/c1-13(2)16-11-15(19-24-16)18(23)20(10-6-9-17(21)22)12-14-7-4-3-5-8-14/h3-5,7-8,11,13H,6,9-10,12H2,1-2H3,(H,21,22). The number of carboxylic acid groups (broad SMARTS) is 1. The number of aliphatic carboxylic acids is 1. The molecule has 0 spiro atoms. The van der Waals surface area contributed by atoms with Crippen LogP contribution in [0.1, 0.15) is 54.4 Å². The van der Waals surface area contributed by atoms with Crippen LogP contribution in [0.15, 0.2) is 40.9 Å². The Morgan fingerprint density at radius 1 is 1.25 bits per heavy atom. The van der Waals surface area contributed by atoms with Gasteiger partial charge in [-0.3, -0.25) is 9.59 Å². The fourth-order valence-electron chi connectivity index (χ4n) is 2.30. The van der Waals surface area contributed by atoms with E-state index >= 15 is 0 Å². The second-order valence-corrected chi connectivity index (χ2v) is 5.98. The number of carboxylic acids is 1. The lowest BCUT2D eigenvalue weighted by molar-refractivity contribution is -0.137. The molecule has 2 rings (SSSR count). The van der Waals surface area contributed by atoms with Gasteiger partial charge in [0.1, 0.15) is 5.76 Å². The summed E-state index contributed by atoms with van der Waals surface area (Å²) >= 11 is 0. The van der Waals surface area contributed by atoms with Crippen LogP contribution in [0, 0.1) is 0 Å². The minimum atomic E-state index is -0.870. The van der Waals surface area contributed by atoms with Crippen LogP contribution in [0.2, 0.25) is 0 Å². The molecule has 0 radical (unpaired) electrons. The quantitative estimate of drug-likeness (QED) is 0.803. The fourth-order valence-corrected chi connectivity index (χ4v) is 2.30. The summed E-state index contributed by atoms with van der Waals surface area (Å²) in [5.74, 6) is -0.317. The van der Waals surface area contributed by atoms with E-state index in [1.165, 1.54) is 0 Å². The molecule has 1 N–H and O–H groups in total. The van der Waals surface area contributed by atoms with Crippen LogP contribution in [-0.4, -0.2) is 33.6 Å². The summed E-state index contributed by atoms with van der Waals surface area (Å²) in [5.41, 5.74) is 1.23. The van der Waals surface area contributed by atoms with Crippen molar-refractivity contribution in [3.63, 3.8) is 0 Å². The average molecular weight is 330 g/mol. The first-order chi connectivity index (χ1) is 11.5. The third-order valence-electron chi connectivity index (χ3n) is 3.64. The van der Waals surface area contributed by atoms with Gasteiger partial charge in [-0.25, -0.2) is 0 Å². The molecule has 24 heavy (non-hydrogen) atoms. The second-order valence-electron chi connectivity index (χ2n) is 5.98. The highest BCUT2D eigenvalue weighted by molar-refractivity contribution is 5.92. The summed E-state index contributed by atoms with van der Waals surface area (Å²) in [4.78, 5) is 25.1. The predicted octanol–water partition coefficient (Wildman–Crippen LogP) is 3.31. The van der Waals surface area contributed by atoms with Gasteiger partial charge in [-0.15, -0.1) is 0 Å². The number of hydrogen-bond donors (Lipinski definition) is 1. The fraction of sp³-hybridized carbons (Fsp3) is 0.389. The predicted molar refractivity (Wildman–Crippen MR) is 88.6 cm³/mol. The lowest BCUT2D eigenvalue weighted by Crippen LogP contribution is -2.32. The molecule has 0 unspecified atom stereocenters. The molecular formula is C18H22N2O4. The van der Waals surface area contributed by atoms with Crippen molar-refractivity contribution in [2.75, 3.05) is 6.54 Å². The molecule has 0 aliphatic rings. The Balaban J connectivity index is 2.13. The molecule has 2 aromatic rings. The van der Waals surface area contributed by atoms with Crippen molar-refractivity contribution in [2.45, 2.75) is 39.2 Å². The van der Waals surface area contributed by atoms with E-state index in [2.05, 4.69) is 5.16 Å². The van der Waals surface area contributed by atoms with E-state index < -0.39 is 5.97 Å². The number of nitrogens with zero attached hydrogens (tertiary/aromatic N) is 2. The number of rotatable bonds is 8. The van der Waals surface area contributed by atoms with E-state index in [-0.39, 0.29) is 23.9 Å². The van der Waals surface area contributed by atoms with Crippen molar-refractivity contribution in [1.29, 1.82) is 0 Å². The number of hydrogen-bond acceptors (Lipinski definition) is 4. The van der Waals surface area contributed by atoms with Crippen LogP contribution in [-0.2, 0) is 11.3 Å². The van der Waals surface area contributed by atoms with Crippen LogP contribution in [0.5, 0.6) is 0 Å². The number of amides is 1. The van der Waals surface area contributed by atoms with Gasteiger partial charge in [0, 0.05) is 31.5 Å². The van der Waals surface area contributed by atoms with Crippen molar-refractivity contribution in [3.8, 4) is 0 Å². The van der Waals surface area contributed by atoms with Crippen molar-refractivity contribution in [2.24, 2.45) is 0 Å². The van der Waals surface area contributed by atoms with Gasteiger partial charge in [0.15, 0.2) is 5.69 Å². The van der Waals surface area contributed by atoms with Crippen LogP contribution in [0.3, 0.4) is 0 Å². The van der Waals surface area contributed by atoms with E-state index in [4.69, 9.17) is 9.63 Å². The van der Waals surface area contributed by atoms with Gasteiger partial charge >= 0.3 is 5.97 Å². The first kappa shape index (κ1) is 17.7. The van der Waals surface area contributed by atoms with Gasteiger partial charge < -0.3 is 14.5 Å². The van der Waals surface area contributed by atoms with E-state index in [0.29, 0.717) is 25.3 Å². The van der Waals surface area contributed by atoms with Gasteiger partial charge in [-0.2, -0.15) is 0 Å². The minimum Gasteiger partial charge on any atom is -0.481 e. The summed E-state index contributed by atoms with van der Waals surface area (Å²) in [6.45, 7) is 4.68. The SMILES string of the molecule is CC(C)c1cc(C(=O)N(CCCC(=O)O)Cc2ccccc2)no1. The van der Waals surface area contributed by atoms with Crippen LogP contribution in [0.4, 0.5) is 0 Å². The average Bonchev–Trinajstić information content (AvgIpc) is 3.04. The number of benzene rings is 1. The summed E-state index contributed by atoms with van der Waals surface area (Å²) in [7, 11) is 0. The summed E-state index contributed by atoms with van der Waals surface area (Å²) < 4.78 is 5.20. The van der Waals surface area contributed by atoms with Crippen LogP contribution < -0.4 is 0 Å². The van der Waals surface area contributed by atoms with E-state index in [9.17, 15) is 9.59 Å². The minimum absolute atomic E-state index is 0.0224. The highest BCUT2D eigenvalue weighted by atomic mass is 16.5. The largest absolute Gasteiger partial charge is 0.481 e. The molecule has 0 bridgehead atoms. The molecule has 6 nitrogen and oxygen atoms in total. The zero-order valence-electron chi connectivity index (χ0n) is 13.9. The van der Waals surface area contributed by atoms with Crippen molar-refractivity contribution >= 4 is 11.9 Å². The second kappa shape index (κ2) is 8.29. The Bertz CT molecular complexity index is 679. The Labute approximate surface area is 141 Å². The Morgan fingerprint density at radius 3 is 2.54 bits per heavy atom. The van der Waals surface area contributed by atoms with Gasteiger partial charge in [-0.05, 0) is 12.0 Å². The molecule has 1 amide bonds. The monoisotopic (exact) mass is 330 g/mol. The molecule has 0 aliphatic heterocycles. The van der Waals surface area contributed by atoms with Crippen molar-refractivity contribution < 1.29 is 19.2 Å². The molecule has 128 valence electrons. The van der Waals surface area contributed by atoms with E-state index in [1.54, 1.807) is 11.0 Å². The van der Waals surface area contributed by atoms with Crippen LogP contribution >= 0.6 is 0 Å². The Hall–Kier alpha value is -2.63. The van der Waals surface area contributed by atoms with Crippen molar-refractivity contribution in [1.82, 2.24) is 10.1 Å². The smallest absolute Gasteiger partial charge is 0.303 e. The zero-order valence-corrected chi connectivity index (χ0v) is 13.9. The molecule has 1 aromatic heterocycles. The number of aromatic nitrogens is 1. The third kappa shape index (κ3) is 4.94. The molecule has 0 fully saturated rings. The lowest BCUT2D eigenvalue weighted by Gasteiger charge is -2.21. The molecular weight excluding hydrogens is 308 g/mol. The summed E-state index contributed by atoms with van der Waals surface area (Å²) in [5, 5.41) is 12.7. The highest BCUT2D eigenvalue weighted by Gasteiger charge is 2.21. The van der Waals surface area contributed by atoms with Crippen LogP contribution in [0.25, 0.3) is 0 Å².